The van der Waals surface area contributed by atoms with Crippen LogP contribution in [0, 0.1) is 5.82 Å². The summed E-state index contributed by atoms with van der Waals surface area (Å²) in [5.74, 6) is -0.938. The third-order valence-electron chi connectivity index (χ3n) is 3.04. The van der Waals surface area contributed by atoms with Gasteiger partial charge >= 0.3 is 0 Å². The number of hydrogen-bond donors (Lipinski definition) is 2. The van der Waals surface area contributed by atoms with Crippen molar-refractivity contribution in [3.8, 4) is 11.5 Å². The number of phenolic OH excluding ortho intramolecular Hbond substituents is 2. The van der Waals surface area contributed by atoms with Crippen molar-refractivity contribution in [3.05, 3.63) is 35.2 Å². The second kappa shape index (κ2) is 4.16. The van der Waals surface area contributed by atoms with Gasteiger partial charge in [-0.3, -0.25) is 0 Å². The first kappa shape index (κ1) is 11.0. The van der Waals surface area contributed by atoms with Gasteiger partial charge in [0.15, 0.2) is 0 Å². The molecule has 1 unspecified atom stereocenters. The minimum Gasteiger partial charge on any atom is -0.507 e. The number of hydrogen-bond acceptors (Lipinski definition) is 2. The fraction of sp³-hybridized carbons (Fsp3) is 0.385. The summed E-state index contributed by atoms with van der Waals surface area (Å²) < 4.78 is 12.9. The summed E-state index contributed by atoms with van der Waals surface area (Å²) in [6.45, 7) is 2.03. The molecule has 3 heteroatoms. The smallest absolute Gasteiger partial charge is 0.130 e. The van der Waals surface area contributed by atoms with Gasteiger partial charge < -0.3 is 10.2 Å². The van der Waals surface area contributed by atoms with E-state index in [0.717, 1.165) is 31.4 Å². The Morgan fingerprint density at radius 1 is 1.25 bits per heavy atom. The topological polar surface area (TPSA) is 40.5 Å². The van der Waals surface area contributed by atoms with Crippen LogP contribution in [0.2, 0.25) is 0 Å². The van der Waals surface area contributed by atoms with E-state index in [1.165, 1.54) is 5.57 Å². The molecule has 2 rings (SSSR count). The normalized spacial score (nSPS) is 20.6. The van der Waals surface area contributed by atoms with Crippen molar-refractivity contribution < 1.29 is 14.6 Å². The number of aromatic hydroxyl groups is 2. The number of phenols is 2. The molecule has 0 spiro atoms. The van der Waals surface area contributed by atoms with Gasteiger partial charge in [-0.2, -0.15) is 0 Å². The Balaban J connectivity index is 2.44. The molecule has 1 aromatic carbocycles. The molecule has 0 aromatic heterocycles. The maximum Gasteiger partial charge on any atom is 0.130 e. The molecular formula is C13H15FO2. The first-order chi connectivity index (χ1) is 7.58. The third-order valence-corrected chi connectivity index (χ3v) is 3.04. The van der Waals surface area contributed by atoms with E-state index in [2.05, 4.69) is 0 Å². The van der Waals surface area contributed by atoms with Gasteiger partial charge in [-0.1, -0.05) is 11.6 Å². The van der Waals surface area contributed by atoms with Gasteiger partial charge in [-0.25, -0.2) is 4.39 Å². The van der Waals surface area contributed by atoms with Crippen LogP contribution in [0.15, 0.2) is 23.8 Å². The summed E-state index contributed by atoms with van der Waals surface area (Å²) in [7, 11) is 0. The molecule has 0 heterocycles. The molecule has 1 aliphatic rings. The van der Waals surface area contributed by atoms with Gasteiger partial charge in [0, 0.05) is 23.6 Å². The van der Waals surface area contributed by atoms with E-state index >= 15 is 0 Å². The lowest BCUT2D eigenvalue weighted by Gasteiger charge is -2.21. The van der Waals surface area contributed by atoms with Crippen LogP contribution in [0.25, 0.3) is 0 Å². The molecule has 0 amide bonds. The van der Waals surface area contributed by atoms with Gasteiger partial charge in [0.2, 0.25) is 0 Å². The Morgan fingerprint density at radius 2 is 1.88 bits per heavy atom. The van der Waals surface area contributed by atoms with Crippen LogP contribution in [0.1, 0.15) is 37.7 Å². The highest BCUT2D eigenvalue weighted by molar-refractivity contribution is 5.48. The summed E-state index contributed by atoms with van der Waals surface area (Å²) in [6.07, 6.45) is 5.00. The first-order valence-corrected chi connectivity index (χ1v) is 5.46. The molecule has 1 aromatic rings. The van der Waals surface area contributed by atoms with Crippen LogP contribution in [-0.4, -0.2) is 10.2 Å². The van der Waals surface area contributed by atoms with Gasteiger partial charge in [0.25, 0.3) is 0 Å². The van der Waals surface area contributed by atoms with Gasteiger partial charge in [0.05, 0.1) is 0 Å². The van der Waals surface area contributed by atoms with Crippen LogP contribution < -0.4 is 0 Å². The van der Waals surface area contributed by atoms with E-state index in [1.54, 1.807) is 0 Å². The van der Waals surface area contributed by atoms with Crippen molar-refractivity contribution in [2.24, 2.45) is 0 Å². The molecule has 2 N–H and O–H groups in total. The number of benzene rings is 1. The minimum atomic E-state index is -0.615. The van der Waals surface area contributed by atoms with Crippen molar-refractivity contribution in [2.75, 3.05) is 0 Å². The lowest BCUT2D eigenvalue weighted by Crippen LogP contribution is -2.03. The molecule has 16 heavy (non-hydrogen) atoms. The van der Waals surface area contributed by atoms with E-state index in [9.17, 15) is 14.6 Å². The summed E-state index contributed by atoms with van der Waals surface area (Å²) in [5.41, 5.74) is 1.69. The molecule has 0 saturated carbocycles. The predicted molar refractivity (Wildman–Crippen MR) is 60.1 cm³/mol. The van der Waals surface area contributed by atoms with Crippen molar-refractivity contribution in [2.45, 2.75) is 32.1 Å². The highest BCUT2D eigenvalue weighted by atomic mass is 19.1. The number of halogens is 1. The van der Waals surface area contributed by atoms with Crippen molar-refractivity contribution >= 4 is 0 Å². The fourth-order valence-corrected chi connectivity index (χ4v) is 2.31. The molecule has 0 fully saturated rings. The van der Waals surface area contributed by atoms with Crippen LogP contribution in [0.4, 0.5) is 4.39 Å². The number of allylic oxidation sites excluding steroid dienone is 2. The summed E-state index contributed by atoms with van der Waals surface area (Å²) in [5, 5.41) is 19.4. The molecular weight excluding hydrogens is 207 g/mol. The maximum atomic E-state index is 12.9. The molecule has 0 bridgehead atoms. The van der Waals surface area contributed by atoms with E-state index < -0.39 is 5.82 Å². The van der Waals surface area contributed by atoms with Crippen molar-refractivity contribution in [3.63, 3.8) is 0 Å². The van der Waals surface area contributed by atoms with Crippen molar-refractivity contribution in [1.82, 2.24) is 0 Å². The zero-order valence-corrected chi connectivity index (χ0v) is 9.20. The van der Waals surface area contributed by atoms with E-state index in [1.807, 2.05) is 13.0 Å². The molecule has 1 atom stereocenters. The second-order valence-corrected chi connectivity index (χ2v) is 4.37. The molecule has 0 radical (unpaired) electrons. The third kappa shape index (κ3) is 2.03. The summed E-state index contributed by atoms with van der Waals surface area (Å²) in [6, 6.07) is 2.10. The highest BCUT2D eigenvalue weighted by Crippen LogP contribution is 2.40. The number of rotatable bonds is 1. The Kier molecular flexibility index (Phi) is 2.86. The standard InChI is InChI=1S/C13H15FO2/c1-8-3-2-4-9(5-8)13-11(15)6-10(14)7-12(13)16/h5-7,9,15-16H,2-4H2,1H3. The Bertz CT molecular complexity index is 415. The fourth-order valence-electron chi connectivity index (χ4n) is 2.31. The summed E-state index contributed by atoms with van der Waals surface area (Å²) >= 11 is 0. The molecule has 86 valence electrons. The zero-order valence-electron chi connectivity index (χ0n) is 9.20. The largest absolute Gasteiger partial charge is 0.507 e. The lowest BCUT2D eigenvalue weighted by atomic mass is 9.85. The van der Waals surface area contributed by atoms with Crippen molar-refractivity contribution in [1.29, 1.82) is 0 Å². The average Bonchev–Trinajstić information content (AvgIpc) is 2.15. The predicted octanol–water partition coefficient (Wildman–Crippen LogP) is 3.45. The Labute approximate surface area is 94.0 Å². The highest BCUT2D eigenvalue weighted by Gasteiger charge is 2.21. The quantitative estimate of drug-likeness (QED) is 0.714. The van der Waals surface area contributed by atoms with Crippen LogP contribution >= 0.6 is 0 Å². The van der Waals surface area contributed by atoms with Crippen LogP contribution in [-0.2, 0) is 0 Å². The van der Waals surface area contributed by atoms with Crippen LogP contribution in [0.3, 0.4) is 0 Å². The van der Waals surface area contributed by atoms with Gasteiger partial charge in [-0.05, 0) is 26.2 Å². The van der Waals surface area contributed by atoms with E-state index in [0.29, 0.717) is 5.56 Å². The van der Waals surface area contributed by atoms with E-state index in [-0.39, 0.29) is 17.4 Å². The molecule has 0 saturated heterocycles. The Hall–Kier alpha value is -1.51. The second-order valence-electron chi connectivity index (χ2n) is 4.37. The molecule has 1 aliphatic carbocycles. The summed E-state index contributed by atoms with van der Waals surface area (Å²) in [4.78, 5) is 0. The lowest BCUT2D eigenvalue weighted by molar-refractivity contribution is 0.421. The first-order valence-electron chi connectivity index (χ1n) is 5.46. The maximum absolute atomic E-state index is 12.9. The average molecular weight is 222 g/mol. The Morgan fingerprint density at radius 3 is 2.44 bits per heavy atom. The zero-order chi connectivity index (χ0) is 11.7. The van der Waals surface area contributed by atoms with Gasteiger partial charge in [-0.15, -0.1) is 0 Å². The molecule has 2 nitrogen and oxygen atoms in total. The van der Waals surface area contributed by atoms with E-state index in [4.69, 9.17) is 0 Å². The van der Waals surface area contributed by atoms with Gasteiger partial charge in [0.1, 0.15) is 17.3 Å². The SMILES string of the molecule is CC1=CC(c2c(O)cc(F)cc2O)CCC1. The molecule has 0 aliphatic heterocycles. The monoisotopic (exact) mass is 222 g/mol. The van der Waals surface area contributed by atoms with Crippen LogP contribution in [0.5, 0.6) is 11.5 Å². The minimum absolute atomic E-state index is 0.00523.